The summed E-state index contributed by atoms with van der Waals surface area (Å²) in [7, 11) is 0. The van der Waals surface area contributed by atoms with Crippen molar-refractivity contribution < 1.29 is 14.3 Å². The summed E-state index contributed by atoms with van der Waals surface area (Å²) in [6.45, 7) is 1.93. The quantitative estimate of drug-likeness (QED) is 0.770. The Morgan fingerprint density at radius 1 is 1.53 bits per heavy atom. The Kier molecular flexibility index (Phi) is 2.25. The first kappa shape index (κ1) is 10.1. The number of aliphatic carboxylic acids is 1. The molecule has 1 unspecified atom stereocenters. The lowest BCUT2D eigenvalue weighted by atomic mass is 9.80. The van der Waals surface area contributed by atoms with E-state index in [1.807, 2.05) is 13.0 Å². The van der Waals surface area contributed by atoms with E-state index in [-0.39, 0.29) is 6.42 Å². The molecule has 3 heteroatoms. The normalized spacial score (nSPS) is 24.7. The zero-order valence-corrected chi connectivity index (χ0v) is 8.59. The minimum atomic E-state index is -2.18. The smallest absolute Gasteiger partial charge is 0.346 e. The number of benzene rings is 1. The second kappa shape index (κ2) is 3.33. The second-order valence-electron chi connectivity index (χ2n) is 4.12. The van der Waals surface area contributed by atoms with Gasteiger partial charge < -0.3 is 5.11 Å². The van der Waals surface area contributed by atoms with Gasteiger partial charge in [0.2, 0.25) is 5.67 Å². The SMILES string of the molecule is Cc1ccc2c(c1)CCCC2(F)C(=O)O. The van der Waals surface area contributed by atoms with Crippen LogP contribution < -0.4 is 0 Å². The number of rotatable bonds is 1. The molecule has 0 aliphatic heterocycles. The van der Waals surface area contributed by atoms with Crippen molar-refractivity contribution in [3.8, 4) is 0 Å². The van der Waals surface area contributed by atoms with Crippen molar-refractivity contribution in [1.29, 1.82) is 0 Å². The molecule has 0 amide bonds. The average molecular weight is 208 g/mol. The summed E-state index contributed by atoms with van der Waals surface area (Å²) < 4.78 is 14.2. The summed E-state index contributed by atoms with van der Waals surface area (Å²) in [5, 5.41) is 8.94. The fraction of sp³-hybridized carbons (Fsp3) is 0.417. The highest BCUT2D eigenvalue weighted by atomic mass is 19.1. The van der Waals surface area contributed by atoms with E-state index in [0.29, 0.717) is 12.0 Å². The molecule has 0 saturated carbocycles. The summed E-state index contributed by atoms with van der Waals surface area (Å²) in [6.07, 6.45) is 1.45. The summed E-state index contributed by atoms with van der Waals surface area (Å²) in [6, 6.07) is 5.26. The van der Waals surface area contributed by atoms with Crippen molar-refractivity contribution in [3.05, 3.63) is 34.9 Å². The standard InChI is InChI=1S/C12H13FO2/c1-8-4-5-10-9(7-8)3-2-6-12(10,13)11(14)15/h4-5,7H,2-3,6H2,1H3,(H,14,15). The number of alkyl halides is 1. The topological polar surface area (TPSA) is 37.3 Å². The van der Waals surface area contributed by atoms with Gasteiger partial charge in [-0.15, -0.1) is 0 Å². The van der Waals surface area contributed by atoms with Crippen LogP contribution in [0.4, 0.5) is 4.39 Å². The highest BCUT2D eigenvalue weighted by Crippen LogP contribution is 2.39. The molecule has 80 valence electrons. The summed E-state index contributed by atoms with van der Waals surface area (Å²) in [5.74, 6) is -1.37. The highest BCUT2D eigenvalue weighted by Gasteiger charge is 2.43. The lowest BCUT2D eigenvalue weighted by Crippen LogP contribution is -2.34. The van der Waals surface area contributed by atoms with Crippen molar-refractivity contribution >= 4 is 5.97 Å². The van der Waals surface area contributed by atoms with Crippen molar-refractivity contribution in [3.63, 3.8) is 0 Å². The zero-order chi connectivity index (χ0) is 11.1. The van der Waals surface area contributed by atoms with E-state index in [2.05, 4.69) is 0 Å². The first-order chi connectivity index (χ1) is 7.04. The van der Waals surface area contributed by atoms with Crippen LogP contribution in [0.25, 0.3) is 0 Å². The Hall–Kier alpha value is -1.38. The third-order valence-corrected chi connectivity index (χ3v) is 2.99. The number of halogens is 1. The Morgan fingerprint density at radius 3 is 2.93 bits per heavy atom. The van der Waals surface area contributed by atoms with Crippen molar-refractivity contribution in [2.24, 2.45) is 0 Å². The molecule has 0 aromatic heterocycles. The van der Waals surface area contributed by atoms with Crippen LogP contribution in [0.3, 0.4) is 0 Å². The monoisotopic (exact) mass is 208 g/mol. The minimum Gasteiger partial charge on any atom is -0.479 e. The molecular weight excluding hydrogens is 195 g/mol. The molecule has 1 aromatic carbocycles. The van der Waals surface area contributed by atoms with E-state index in [0.717, 1.165) is 17.5 Å². The van der Waals surface area contributed by atoms with E-state index >= 15 is 0 Å². The van der Waals surface area contributed by atoms with Crippen molar-refractivity contribution in [1.82, 2.24) is 0 Å². The third kappa shape index (κ3) is 1.52. The maximum absolute atomic E-state index is 14.2. The van der Waals surface area contributed by atoms with Crippen molar-refractivity contribution in [2.75, 3.05) is 0 Å². The molecule has 0 fully saturated rings. The first-order valence-electron chi connectivity index (χ1n) is 5.06. The van der Waals surface area contributed by atoms with E-state index in [9.17, 15) is 9.18 Å². The molecule has 0 spiro atoms. The van der Waals surface area contributed by atoms with Crippen LogP contribution in [0.5, 0.6) is 0 Å². The molecular formula is C12H13FO2. The molecule has 1 aliphatic carbocycles. The van der Waals surface area contributed by atoms with Crippen LogP contribution in [0, 0.1) is 6.92 Å². The Balaban J connectivity index is 2.56. The van der Waals surface area contributed by atoms with E-state index < -0.39 is 11.6 Å². The van der Waals surface area contributed by atoms with E-state index in [1.165, 1.54) is 0 Å². The minimum absolute atomic E-state index is 0.0817. The highest BCUT2D eigenvalue weighted by molar-refractivity contribution is 5.80. The maximum Gasteiger partial charge on any atom is 0.346 e. The number of carboxylic acids is 1. The third-order valence-electron chi connectivity index (χ3n) is 2.99. The van der Waals surface area contributed by atoms with Gasteiger partial charge in [-0.3, -0.25) is 0 Å². The summed E-state index contributed by atoms with van der Waals surface area (Å²) in [4.78, 5) is 10.9. The van der Waals surface area contributed by atoms with Gasteiger partial charge in [-0.2, -0.15) is 0 Å². The van der Waals surface area contributed by atoms with Crippen LogP contribution in [0.1, 0.15) is 29.5 Å². The van der Waals surface area contributed by atoms with Gasteiger partial charge in [0.15, 0.2) is 0 Å². The molecule has 1 aromatic rings. The Labute approximate surface area is 87.7 Å². The van der Waals surface area contributed by atoms with Gasteiger partial charge in [-0.25, -0.2) is 9.18 Å². The lowest BCUT2D eigenvalue weighted by Gasteiger charge is -2.28. The fourth-order valence-electron chi connectivity index (χ4n) is 2.20. The van der Waals surface area contributed by atoms with Crippen LogP contribution in [0.2, 0.25) is 0 Å². The summed E-state index contributed by atoms with van der Waals surface area (Å²) >= 11 is 0. The first-order valence-corrected chi connectivity index (χ1v) is 5.06. The van der Waals surface area contributed by atoms with Crippen LogP contribution in [0.15, 0.2) is 18.2 Å². The molecule has 0 bridgehead atoms. The van der Waals surface area contributed by atoms with Gasteiger partial charge in [0.25, 0.3) is 0 Å². The number of fused-ring (bicyclic) bond motifs is 1. The van der Waals surface area contributed by atoms with Gasteiger partial charge in [-0.1, -0.05) is 23.8 Å². The number of carbonyl (C=O) groups is 1. The Bertz CT molecular complexity index is 414. The van der Waals surface area contributed by atoms with Crippen LogP contribution >= 0.6 is 0 Å². The van der Waals surface area contributed by atoms with Gasteiger partial charge in [0.05, 0.1) is 0 Å². The largest absolute Gasteiger partial charge is 0.479 e. The predicted molar refractivity (Wildman–Crippen MR) is 54.5 cm³/mol. The van der Waals surface area contributed by atoms with Crippen LogP contribution in [-0.4, -0.2) is 11.1 Å². The molecule has 0 radical (unpaired) electrons. The summed E-state index contributed by atoms with van der Waals surface area (Å²) in [5.41, 5.74) is 0.0442. The van der Waals surface area contributed by atoms with Gasteiger partial charge in [0.1, 0.15) is 0 Å². The van der Waals surface area contributed by atoms with Crippen molar-refractivity contribution in [2.45, 2.75) is 31.9 Å². The molecule has 15 heavy (non-hydrogen) atoms. The number of carboxylic acid groups (broad SMARTS) is 1. The number of hydrogen-bond acceptors (Lipinski definition) is 1. The Morgan fingerprint density at radius 2 is 2.27 bits per heavy atom. The van der Waals surface area contributed by atoms with E-state index in [4.69, 9.17) is 5.11 Å². The van der Waals surface area contributed by atoms with E-state index in [1.54, 1.807) is 12.1 Å². The van der Waals surface area contributed by atoms with Gasteiger partial charge >= 0.3 is 5.97 Å². The van der Waals surface area contributed by atoms with Gasteiger partial charge in [-0.05, 0) is 31.7 Å². The maximum atomic E-state index is 14.2. The predicted octanol–water partition coefficient (Wildman–Crippen LogP) is 2.58. The fourth-order valence-corrected chi connectivity index (χ4v) is 2.20. The zero-order valence-electron chi connectivity index (χ0n) is 8.59. The molecule has 0 saturated heterocycles. The number of aryl methyl sites for hydroxylation is 2. The average Bonchev–Trinajstić information content (AvgIpc) is 2.17. The number of hydrogen-bond donors (Lipinski definition) is 1. The molecule has 2 nitrogen and oxygen atoms in total. The van der Waals surface area contributed by atoms with Crippen LogP contribution in [-0.2, 0) is 16.9 Å². The molecule has 1 atom stereocenters. The van der Waals surface area contributed by atoms with Gasteiger partial charge in [0, 0.05) is 5.56 Å². The molecule has 0 heterocycles. The second-order valence-corrected chi connectivity index (χ2v) is 4.12. The lowest BCUT2D eigenvalue weighted by molar-refractivity contribution is -0.152. The molecule has 1 N–H and O–H groups in total. The molecule has 2 rings (SSSR count). The molecule has 1 aliphatic rings.